The number of para-hydroxylation sites is 1. The molecule has 2 aromatic carbocycles. The Labute approximate surface area is 170 Å². The molecule has 0 bridgehead atoms. The van der Waals surface area contributed by atoms with Gasteiger partial charge in [0.25, 0.3) is 5.69 Å². The SMILES string of the molecule is CC(C)NC(=O)[C@@H](C)N(CCc1ccccc1)C(=O)Cc1ccccc1[N+](=O)[O-]. The zero-order chi connectivity index (χ0) is 21.4. The van der Waals surface area contributed by atoms with Crippen molar-refractivity contribution in [1.82, 2.24) is 10.2 Å². The molecule has 2 rings (SSSR count). The van der Waals surface area contributed by atoms with Crippen LogP contribution < -0.4 is 5.32 Å². The Kier molecular flexibility index (Phi) is 7.88. The fraction of sp³-hybridized carbons (Fsp3) is 0.364. The van der Waals surface area contributed by atoms with Gasteiger partial charge in [0.2, 0.25) is 11.8 Å². The smallest absolute Gasteiger partial charge is 0.273 e. The van der Waals surface area contributed by atoms with Crippen LogP contribution in [0, 0.1) is 10.1 Å². The van der Waals surface area contributed by atoms with Gasteiger partial charge in [-0.15, -0.1) is 0 Å². The van der Waals surface area contributed by atoms with Gasteiger partial charge in [-0.2, -0.15) is 0 Å². The van der Waals surface area contributed by atoms with Crippen molar-refractivity contribution in [3.05, 3.63) is 75.8 Å². The maximum atomic E-state index is 13.1. The molecule has 0 unspecified atom stereocenters. The summed E-state index contributed by atoms with van der Waals surface area (Å²) < 4.78 is 0. The molecule has 2 amide bonds. The highest BCUT2D eigenvalue weighted by atomic mass is 16.6. The average Bonchev–Trinajstić information content (AvgIpc) is 2.68. The van der Waals surface area contributed by atoms with Gasteiger partial charge in [-0.3, -0.25) is 19.7 Å². The molecule has 0 heterocycles. The van der Waals surface area contributed by atoms with Gasteiger partial charge in [0.1, 0.15) is 6.04 Å². The van der Waals surface area contributed by atoms with Crippen LogP contribution in [-0.4, -0.2) is 40.3 Å². The predicted molar refractivity (Wildman–Crippen MR) is 111 cm³/mol. The minimum absolute atomic E-state index is 0.0498. The Bertz CT molecular complexity index is 852. The van der Waals surface area contributed by atoms with E-state index in [1.165, 1.54) is 11.0 Å². The van der Waals surface area contributed by atoms with Gasteiger partial charge in [-0.25, -0.2) is 0 Å². The van der Waals surface area contributed by atoms with Crippen LogP contribution in [0.25, 0.3) is 0 Å². The van der Waals surface area contributed by atoms with E-state index in [-0.39, 0.29) is 30.0 Å². The number of hydrogen-bond donors (Lipinski definition) is 1. The highest BCUT2D eigenvalue weighted by Crippen LogP contribution is 2.19. The first kappa shape index (κ1) is 22.1. The Morgan fingerprint density at radius 2 is 1.66 bits per heavy atom. The first-order chi connectivity index (χ1) is 13.8. The van der Waals surface area contributed by atoms with Crippen molar-refractivity contribution >= 4 is 17.5 Å². The molecule has 0 saturated carbocycles. The van der Waals surface area contributed by atoms with Crippen LogP contribution in [0.2, 0.25) is 0 Å². The fourth-order valence-electron chi connectivity index (χ4n) is 3.08. The molecule has 29 heavy (non-hydrogen) atoms. The standard InChI is InChI=1S/C22H27N3O4/c1-16(2)23-22(27)17(3)24(14-13-18-9-5-4-6-10-18)21(26)15-19-11-7-8-12-20(19)25(28)29/h4-12,16-17H,13-15H2,1-3H3,(H,23,27)/t17-/m1/s1. The third-order valence-electron chi connectivity index (χ3n) is 4.61. The highest BCUT2D eigenvalue weighted by Gasteiger charge is 2.27. The van der Waals surface area contributed by atoms with Crippen LogP contribution in [-0.2, 0) is 22.4 Å². The number of nitro benzene ring substituents is 1. The van der Waals surface area contributed by atoms with E-state index in [0.717, 1.165) is 5.56 Å². The van der Waals surface area contributed by atoms with Gasteiger partial charge in [0, 0.05) is 24.2 Å². The second-order valence-corrected chi connectivity index (χ2v) is 7.22. The van der Waals surface area contributed by atoms with Crippen molar-refractivity contribution in [3.8, 4) is 0 Å². The van der Waals surface area contributed by atoms with Gasteiger partial charge in [0.15, 0.2) is 0 Å². The molecule has 7 heteroatoms. The molecular formula is C22H27N3O4. The van der Waals surface area contributed by atoms with E-state index in [9.17, 15) is 19.7 Å². The lowest BCUT2D eigenvalue weighted by atomic mass is 10.1. The summed E-state index contributed by atoms with van der Waals surface area (Å²) >= 11 is 0. The van der Waals surface area contributed by atoms with Gasteiger partial charge >= 0.3 is 0 Å². The lowest BCUT2D eigenvalue weighted by molar-refractivity contribution is -0.385. The molecule has 0 saturated heterocycles. The second-order valence-electron chi connectivity index (χ2n) is 7.22. The Hall–Kier alpha value is -3.22. The molecule has 7 nitrogen and oxygen atoms in total. The number of benzene rings is 2. The van der Waals surface area contributed by atoms with E-state index in [0.29, 0.717) is 18.5 Å². The number of nitrogens with one attached hydrogen (secondary N) is 1. The first-order valence-corrected chi connectivity index (χ1v) is 9.65. The summed E-state index contributed by atoms with van der Waals surface area (Å²) in [5.74, 6) is -0.564. The Balaban J connectivity index is 2.22. The van der Waals surface area contributed by atoms with Crippen LogP contribution in [0.15, 0.2) is 54.6 Å². The molecule has 2 aromatic rings. The Morgan fingerprint density at radius 1 is 1.03 bits per heavy atom. The third kappa shape index (κ3) is 6.41. The van der Waals surface area contributed by atoms with Crippen LogP contribution in [0.1, 0.15) is 31.9 Å². The molecule has 0 aromatic heterocycles. The van der Waals surface area contributed by atoms with Crippen molar-refractivity contribution in [2.75, 3.05) is 6.54 Å². The summed E-state index contributed by atoms with van der Waals surface area (Å²) in [5.41, 5.74) is 1.29. The minimum Gasteiger partial charge on any atom is -0.352 e. The maximum Gasteiger partial charge on any atom is 0.273 e. The lowest BCUT2D eigenvalue weighted by Crippen LogP contribution is -2.50. The molecule has 0 aliphatic heterocycles. The van der Waals surface area contributed by atoms with Crippen LogP contribution in [0.5, 0.6) is 0 Å². The molecule has 1 atom stereocenters. The van der Waals surface area contributed by atoms with Gasteiger partial charge < -0.3 is 10.2 Å². The normalized spacial score (nSPS) is 11.7. The van der Waals surface area contributed by atoms with E-state index in [4.69, 9.17) is 0 Å². The van der Waals surface area contributed by atoms with E-state index in [1.807, 2.05) is 44.2 Å². The highest BCUT2D eigenvalue weighted by molar-refractivity contribution is 5.88. The van der Waals surface area contributed by atoms with Crippen LogP contribution in [0.3, 0.4) is 0 Å². The summed E-state index contributed by atoms with van der Waals surface area (Å²) in [4.78, 5) is 37.9. The minimum atomic E-state index is -0.684. The number of rotatable bonds is 9. The zero-order valence-electron chi connectivity index (χ0n) is 17.0. The molecule has 0 aliphatic carbocycles. The molecular weight excluding hydrogens is 370 g/mol. The quantitative estimate of drug-likeness (QED) is 0.520. The van der Waals surface area contributed by atoms with Crippen molar-refractivity contribution < 1.29 is 14.5 Å². The van der Waals surface area contributed by atoms with Crippen molar-refractivity contribution in [1.29, 1.82) is 0 Å². The van der Waals surface area contributed by atoms with E-state index >= 15 is 0 Å². The summed E-state index contributed by atoms with van der Waals surface area (Å²) in [6, 6.07) is 15.1. The number of hydrogen-bond acceptors (Lipinski definition) is 4. The van der Waals surface area contributed by atoms with Gasteiger partial charge in [-0.1, -0.05) is 48.5 Å². The van der Waals surface area contributed by atoms with E-state index in [1.54, 1.807) is 25.1 Å². The molecule has 0 radical (unpaired) electrons. The maximum absolute atomic E-state index is 13.1. The molecule has 0 spiro atoms. The van der Waals surface area contributed by atoms with E-state index < -0.39 is 11.0 Å². The van der Waals surface area contributed by atoms with Gasteiger partial charge in [-0.05, 0) is 32.8 Å². The first-order valence-electron chi connectivity index (χ1n) is 9.65. The molecule has 0 fully saturated rings. The van der Waals surface area contributed by atoms with Crippen molar-refractivity contribution in [3.63, 3.8) is 0 Å². The topological polar surface area (TPSA) is 92.6 Å². The molecule has 0 aliphatic rings. The molecule has 154 valence electrons. The predicted octanol–water partition coefficient (Wildman–Crippen LogP) is 3.12. The van der Waals surface area contributed by atoms with Crippen molar-refractivity contribution in [2.45, 2.75) is 45.7 Å². The monoisotopic (exact) mass is 397 g/mol. The lowest BCUT2D eigenvalue weighted by Gasteiger charge is -2.29. The van der Waals surface area contributed by atoms with Gasteiger partial charge in [0.05, 0.1) is 11.3 Å². The second kappa shape index (κ2) is 10.4. The largest absolute Gasteiger partial charge is 0.352 e. The van der Waals surface area contributed by atoms with Crippen LogP contribution >= 0.6 is 0 Å². The number of carbonyl (C=O) groups excluding carboxylic acids is 2. The average molecular weight is 397 g/mol. The molecule has 1 N–H and O–H groups in total. The van der Waals surface area contributed by atoms with Crippen LogP contribution in [0.4, 0.5) is 5.69 Å². The number of carbonyl (C=O) groups is 2. The summed E-state index contributed by atoms with van der Waals surface area (Å²) in [5, 5.41) is 14.1. The summed E-state index contributed by atoms with van der Waals surface area (Å²) in [7, 11) is 0. The summed E-state index contributed by atoms with van der Waals surface area (Å²) in [6.07, 6.45) is 0.452. The summed E-state index contributed by atoms with van der Waals surface area (Å²) in [6.45, 7) is 5.73. The Morgan fingerprint density at radius 3 is 2.28 bits per heavy atom. The third-order valence-corrected chi connectivity index (χ3v) is 4.61. The fourth-order valence-corrected chi connectivity index (χ4v) is 3.08. The number of nitro groups is 1. The number of amides is 2. The zero-order valence-corrected chi connectivity index (χ0v) is 17.0. The van der Waals surface area contributed by atoms with E-state index in [2.05, 4.69) is 5.32 Å². The number of nitrogens with zero attached hydrogens (tertiary/aromatic N) is 2. The van der Waals surface area contributed by atoms with Crippen molar-refractivity contribution in [2.24, 2.45) is 0 Å².